The first-order chi connectivity index (χ1) is 8.82. The van der Waals surface area contributed by atoms with Gasteiger partial charge in [0.05, 0.1) is 16.6 Å². The Bertz CT molecular complexity index is 491. The Morgan fingerprint density at radius 2 is 2.16 bits per heavy atom. The molecule has 0 saturated heterocycles. The Labute approximate surface area is 123 Å². The van der Waals surface area contributed by atoms with Crippen LogP contribution in [0.15, 0.2) is 5.03 Å². The zero-order chi connectivity index (χ0) is 14.6. The second kappa shape index (κ2) is 7.12. The number of alkyl carbamates (subject to hydrolysis) is 1. The zero-order valence-electron chi connectivity index (χ0n) is 10.8. The molecule has 6 nitrogen and oxygen atoms in total. The van der Waals surface area contributed by atoms with E-state index in [-0.39, 0.29) is 28.6 Å². The number of rotatable bonds is 5. The average molecular weight is 328 g/mol. The standard InChI is InChI=1S/C10H15Cl2N3O3S/c1-6(2)13-10(16)18-4-5-19(17)9-7(11)8(12)14-15(9)3/h6H,4-5H2,1-3H3,(H,13,16)/t19-/m0/s1. The van der Waals surface area contributed by atoms with Crippen LogP contribution in [-0.2, 0) is 22.6 Å². The highest BCUT2D eigenvalue weighted by atomic mass is 35.5. The van der Waals surface area contributed by atoms with Gasteiger partial charge < -0.3 is 10.1 Å². The van der Waals surface area contributed by atoms with E-state index in [4.69, 9.17) is 27.9 Å². The van der Waals surface area contributed by atoms with Crippen molar-refractivity contribution < 1.29 is 13.7 Å². The van der Waals surface area contributed by atoms with E-state index in [1.54, 1.807) is 7.05 Å². The average Bonchev–Trinajstić information content (AvgIpc) is 2.51. The smallest absolute Gasteiger partial charge is 0.407 e. The van der Waals surface area contributed by atoms with Crippen LogP contribution in [0.3, 0.4) is 0 Å². The molecular weight excluding hydrogens is 313 g/mol. The first kappa shape index (κ1) is 16.3. The second-order valence-corrected chi connectivity index (χ2v) is 6.24. The van der Waals surface area contributed by atoms with Crippen LogP contribution in [0.2, 0.25) is 10.2 Å². The summed E-state index contributed by atoms with van der Waals surface area (Å²) in [5.41, 5.74) is 0. The third kappa shape index (κ3) is 4.67. The summed E-state index contributed by atoms with van der Waals surface area (Å²) < 4.78 is 18.2. The molecule has 1 rings (SSSR count). The Hall–Kier alpha value is -0.790. The van der Waals surface area contributed by atoms with Crippen LogP contribution in [-0.4, -0.2) is 38.5 Å². The molecule has 1 heterocycles. The Morgan fingerprint density at radius 3 is 2.63 bits per heavy atom. The number of halogens is 2. The molecule has 0 saturated carbocycles. The first-order valence-electron chi connectivity index (χ1n) is 5.52. The number of hydrogen-bond donors (Lipinski definition) is 1. The molecule has 1 atom stereocenters. The number of nitrogens with zero attached hydrogens (tertiary/aromatic N) is 2. The van der Waals surface area contributed by atoms with Crippen molar-refractivity contribution in [3.8, 4) is 0 Å². The summed E-state index contributed by atoms with van der Waals surface area (Å²) in [7, 11) is 0.159. The van der Waals surface area contributed by atoms with Gasteiger partial charge >= 0.3 is 6.09 Å². The second-order valence-electron chi connectivity index (χ2n) is 4.02. The van der Waals surface area contributed by atoms with Crippen LogP contribution in [0, 0.1) is 0 Å². The van der Waals surface area contributed by atoms with Crippen LogP contribution in [0.4, 0.5) is 4.79 Å². The van der Waals surface area contributed by atoms with Gasteiger partial charge in [-0.15, -0.1) is 0 Å². The molecular formula is C10H15Cl2N3O3S. The third-order valence-corrected chi connectivity index (χ3v) is 4.29. The van der Waals surface area contributed by atoms with Crippen molar-refractivity contribution in [1.29, 1.82) is 0 Å². The van der Waals surface area contributed by atoms with Gasteiger partial charge in [0.15, 0.2) is 5.15 Å². The van der Waals surface area contributed by atoms with Gasteiger partial charge in [-0.1, -0.05) is 23.2 Å². The molecule has 19 heavy (non-hydrogen) atoms. The highest BCUT2D eigenvalue weighted by molar-refractivity contribution is 7.85. The molecule has 1 aromatic heterocycles. The fourth-order valence-corrected chi connectivity index (χ4v) is 3.02. The van der Waals surface area contributed by atoms with Crippen LogP contribution < -0.4 is 5.32 Å². The first-order valence-corrected chi connectivity index (χ1v) is 7.60. The number of hydrogen-bond acceptors (Lipinski definition) is 4. The lowest BCUT2D eigenvalue weighted by molar-refractivity contribution is 0.150. The maximum Gasteiger partial charge on any atom is 0.407 e. The topological polar surface area (TPSA) is 73.2 Å². The summed E-state index contributed by atoms with van der Waals surface area (Å²) in [4.78, 5) is 11.2. The number of carbonyl (C=O) groups excluding carboxylic acids is 1. The predicted octanol–water partition coefficient (Wildman–Crippen LogP) is 1.97. The van der Waals surface area contributed by atoms with Crippen molar-refractivity contribution in [2.24, 2.45) is 7.05 Å². The van der Waals surface area contributed by atoms with Crippen LogP contribution in [0.1, 0.15) is 13.8 Å². The summed E-state index contributed by atoms with van der Waals surface area (Å²) >= 11 is 11.6. The van der Waals surface area contributed by atoms with Gasteiger partial charge in [-0.05, 0) is 13.8 Å². The largest absolute Gasteiger partial charge is 0.449 e. The molecule has 1 amide bonds. The molecule has 0 fully saturated rings. The minimum absolute atomic E-state index is 0.0108. The minimum atomic E-state index is -1.44. The van der Waals surface area contributed by atoms with Crippen molar-refractivity contribution in [2.45, 2.75) is 24.9 Å². The molecule has 1 aromatic rings. The van der Waals surface area contributed by atoms with Gasteiger partial charge in [0.1, 0.15) is 16.7 Å². The van der Waals surface area contributed by atoms with E-state index < -0.39 is 16.9 Å². The maximum atomic E-state index is 12.0. The number of nitrogens with one attached hydrogen (secondary N) is 1. The van der Waals surface area contributed by atoms with E-state index in [2.05, 4.69) is 10.4 Å². The number of aryl methyl sites for hydroxylation is 1. The molecule has 9 heteroatoms. The normalized spacial score (nSPS) is 12.5. The molecule has 0 bridgehead atoms. The Kier molecular flexibility index (Phi) is 6.09. The van der Waals surface area contributed by atoms with E-state index in [1.165, 1.54) is 4.68 Å². The lowest BCUT2D eigenvalue weighted by Crippen LogP contribution is -2.31. The monoisotopic (exact) mass is 327 g/mol. The SMILES string of the molecule is CC(C)NC(=O)OCC[S@](=O)c1c(Cl)c(Cl)nn1C. The van der Waals surface area contributed by atoms with E-state index in [1.807, 2.05) is 13.8 Å². The highest BCUT2D eigenvalue weighted by Gasteiger charge is 2.18. The van der Waals surface area contributed by atoms with Gasteiger partial charge in [-0.3, -0.25) is 8.89 Å². The summed E-state index contributed by atoms with van der Waals surface area (Å²) in [6.45, 7) is 3.65. The molecule has 0 aliphatic carbocycles. The Morgan fingerprint density at radius 1 is 1.53 bits per heavy atom. The number of carbonyl (C=O) groups is 1. The molecule has 1 N–H and O–H groups in total. The molecule has 0 unspecified atom stereocenters. The van der Waals surface area contributed by atoms with E-state index in [0.29, 0.717) is 5.03 Å². The number of aromatic nitrogens is 2. The lowest BCUT2D eigenvalue weighted by atomic mass is 10.4. The zero-order valence-corrected chi connectivity index (χ0v) is 13.1. The fourth-order valence-electron chi connectivity index (χ4n) is 1.28. The summed E-state index contributed by atoms with van der Waals surface area (Å²) in [6, 6.07) is -0.0108. The van der Waals surface area contributed by atoms with Gasteiger partial charge in [-0.2, -0.15) is 5.10 Å². The van der Waals surface area contributed by atoms with Gasteiger partial charge in [0.25, 0.3) is 0 Å². The molecule has 0 aliphatic heterocycles. The highest BCUT2D eigenvalue weighted by Crippen LogP contribution is 2.27. The van der Waals surface area contributed by atoms with E-state index >= 15 is 0 Å². The quantitative estimate of drug-likeness (QED) is 0.897. The van der Waals surface area contributed by atoms with Gasteiger partial charge in [0, 0.05) is 13.1 Å². The number of amides is 1. The van der Waals surface area contributed by atoms with Crippen molar-refractivity contribution in [1.82, 2.24) is 15.1 Å². The van der Waals surface area contributed by atoms with Crippen LogP contribution in [0.5, 0.6) is 0 Å². The fraction of sp³-hybridized carbons (Fsp3) is 0.600. The minimum Gasteiger partial charge on any atom is -0.449 e. The summed E-state index contributed by atoms with van der Waals surface area (Å²) in [6.07, 6.45) is -0.541. The van der Waals surface area contributed by atoms with Crippen molar-refractivity contribution in [3.63, 3.8) is 0 Å². The molecule has 0 spiro atoms. The molecule has 0 aliphatic rings. The van der Waals surface area contributed by atoms with Crippen molar-refractivity contribution in [3.05, 3.63) is 10.2 Å². The van der Waals surface area contributed by atoms with Gasteiger partial charge in [0.2, 0.25) is 0 Å². The van der Waals surface area contributed by atoms with Gasteiger partial charge in [-0.25, -0.2) is 4.79 Å². The third-order valence-electron chi connectivity index (χ3n) is 2.02. The lowest BCUT2D eigenvalue weighted by Gasteiger charge is -2.09. The van der Waals surface area contributed by atoms with Crippen LogP contribution in [0.25, 0.3) is 0 Å². The Balaban J connectivity index is 2.50. The van der Waals surface area contributed by atoms with Crippen molar-refractivity contribution in [2.75, 3.05) is 12.4 Å². The van der Waals surface area contributed by atoms with Crippen molar-refractivity contribution >= 4 is 40.1 Å². The number of ether oxygens (including phenoxy) is 1. The summed E-state index contributed by atoms with van der Waals surface area (Å²) in [5.74, 6) is 0.126. The maximum absolute atomic E-state index is 12.0. The molecule has 0 aromatic carbocycles. The van der Waals surface area contributed by atoms with E-state index in [9.17, 15) is 9.00 Å². The predicted molar refractivity (Wildman–Crippen MR) is 74.1 cm³/mol. The summed E-state index contributed by atoms with van der Waals surface area (Å²) in [5, 5.41) is 6.99. The molecule has 0 radical (unpaired) electrons. The van der Waals surface area contributed by atoms with E-state index in [0.717, 1.165) is 0 Å². The molecule has 108 valence electrons. The van der Waals surface area contributed by atoms with Crippen LogP contribution >= 0.6 is 23.2 Å².